The van der Waals surface area contributed by atoms with Crippen molar-refractivity contribution in [2.75, 3.05) is 27.3 Å². The number of carbonyl (C=O) groups excluding carboxylic acids is 1. The van der Waals surface area contributed by atoms with Crippen LogP contribution in [0.3, 0.4) is 0 Å². The summed E-state index contributed by atoms with van der Waals surface area (Å²) >= 11 is 0. The molecule has 2 N–H and O–H groups in total. The van der Waals surface area contributed by atoms with Gasteiger partial charge >= 0.3 is 5.97 Å². The summed E-state index contributed by atoms with van der Waals surface area (Å²) in [5.41, 5.74) is 0.0580. The van der Waals surface area contributed by atoms with Crippen molar-refractivity contribution in [1.29, 1.82) is 0 Å². The van der Waals surface area contributed by atoms with Crippen molar-refractivity contribution < 1.29 is 29.3 Å². The Morgan fingerprint density at radius 1 is 1.13 bits per heavy atom. The lowest BCUT2D eigenvalue weighted by Crippen LogP contribution is -2.58. The molecule has 1 fully saturated rings. The third-order valence-electron chi connectivity index (χ3n) is 5.76. The van der Waals surface area contributed by atoms with Crippen molar-refractivity contribution >= 4 is 11.9 Å². The minimum Gasteiger partial charge on any atom is -0.497 e. The molecule has 1 amide bonds. The van der Waals surface area contributed by atoms with Gasteiger partial charge in [0.15, 0.2) is 0 Å². The van der Waals surface area contributed by atoms with E-state index in [4.69, 9.17) is 9.47 Å². The molecule has 0 bridgehead atoms. The first-order chi connectivity index (χ1) is 14.4. The highest BCUT2D eigenvalue weighted by molar-refractivity contribution is 5.82. The van der Waals surface area contributed by atoms with E-state index < -0.39 is 17.5 Å². The number of aliphatic hydroxyl groups is 1. The number of methoxy groups -OCH3 is 2. The number of benzene rings is 2. The third kappa shape index (κ3) is 4.41. The Labute approximate surface area is 175 Å². The number of carboxylic acid groups (broad SMARTS) is 1. The minimum atomic E-state index is -1.45. The minimum absolute atomic E-state index is 0.0459. The second kappa shape index (κ2) is 9.17. The number of ether oxygens (including phenoxy) is 2. The van der Waals surface area contributed by atoms with Crippen molar-refractivity contribution in [3.05, 3.63) is 59.7 Å². The molecule has 0 spiro atoms. The summed E-state index contributed by atoms with van der Waals surface area (Å²) in [6.45, 7) is 0.262. The molecular weight excluding hydrogens is 386 g/mol. The van der Waals surface area contributed by atoms with E-state index in [9.17, 15) is 19.8 Å². The van der Waals surface area contributed by atoms with Crippen molar-refractivity contribution in [3.63, 3.8) is 0 Å². The molecule has 1 aliphatic heterocycles. The van der Waals surface area contributed by atoms with Crippen LogP contribution < -0.4 is 9.47 Å². The molecule has 0 saturated carbocycles. The maximum atomic E-state index is 13.0. The standard InChI is InChI=1S/C23H27NO6/c1-29-18-9-8-17(19(13-18)30-2)12-21(26)24-11-10-20(25)23(15-24,22(27)28)14-16-6-4-3-5-7-16/h3-9,13,20,25H,10-12,14-15H2,1-2H3,(H,27,28)/t20-,23-/m0/s1. The fraction of sp³-hybridized carbons (Fsp3) is 0.391. The van der Waals surface area contributed by atoms with Gasteiger partial charge in [-0.3, -0.25) is 9.59 Å². The van der Waals surface area contributed by atoms with Gasteiger partial charge in [-0.25, -0.2) is 0 Å². The Hall–Kier alpha value is -3.06. The molecule has 7 nitrogen and oxygen atoms in total. The van der Waals surface area contributed by atoms with Gasteiger partial charge in [0.05, 0.1) is 26.7 Å². The van der Waals surface area contributed by atoms with Crippen molar-refractivity contribution in [3.8, 4) is 11.5 Å². The SMILES string of the molecule is COc1ccc(CC(=O)N2CC[C@H](O)[C@@](Cc3ccccc3)(C(=O)O)C2)c(OC)c1. The van der Waals surface area contributed by atoms with Crippen LogP contribution in [0.4, 0.5) is 0 Å². The molecule has 2 aromatic carbocycles. The molecule has 1 heterocycles. The van der Waals surface area contributed by atoms with Crippen LogP contribution in [0.5, 0.6) is 11.5 Å². The zero-order valence-corrected chi connectivity index (χ0v) is 17.2. The molecule has 1 aliphatic rings. The van der Waals surface area contributed by atoms with Gasteiger partial charge in [0.2, 0.25) is 5.91 Å². The molecule has 1 saturated heterocycles. The Morgan fingerprint density at radius 2 is 1.87 bits per heavy atom. The molecule has 30 heavy (non-hydrogen) atoms. The summed E-state index contributed by atoms with van der Waals surface area (Å²) in [5.74, 6) is -0.145. The average molecular weight is 413 g/mol. The number of aliphatic hydroxyl groups excluding tert-OH is 1. The van der Waals surface area contributed by atoms with E-state index in [-0.39, 0.29) is 31.7 Å². The molecule has 0 aromatic heterocycles. The summed E-state index contributed by atoms with van der Waals surface area (Å²) in [7, 11) is 3.08. The van der Waals surface area contributed by atoms with Gasteiger partial charge in [-0.2, -0.15) is 0 Å². The van der Waals surface area contributed by atoms with Crippen LogP contribution in [0.25, 0.3) is 0 Å². The highest BCUT2D eigenvalue weighted by Gasteiger charge is 2.50. The fourth-order valence-corrected chi connectivity index (χ4v) is 3.98. The summed E-state index contributed by atoms with van der Waals surface area (Å²) < 4.78 is 10.6. The predicted molar refractivity (Wildman–Crippen MR) is 111 cm³/mol. The van der Waals surface area contributed by atoms with Gasteiger partial charge in [0, 0.05) is 24.7 Å². The van der Waals surface area contributed by atoms with Gasteiger partial charge in [-0.1, -0.05) is 36.4 Å². The maximum absolute atomic E-state index is 13.0. The molecule has 0 aliphatic carbocycles. The lowest BCUT2D eigenvalue weighted by Gasteiger charge is -2.43. The number of aliphatic carboxylic acids is 1. The maximum Gasteiger partial charge on any atom is 0.314 e. The average Bonchev–Trinajstić information content (AvgIpc) is 2.76. The molecular formula is C23H27NO6. The van der Waals surface area contributed by atoms with Crippen LogP contribution in [0.1, 0.15) is 17.5 Å². The van der Waals surface area contributed by atoms with Crippen LogP contribution in [-0.2, 0) is 22.4 Å². The number of nitrogens with zero attached hydrogens (tertiary/aromatic N) is 1. The van der Waals surface area contributed by atoms with Crippen LogP contribution in [0, 0.1) is 5.41 Å². The highest BCUT2D eigenvalue weighted by atomic mass is 16.5. The summed E-state index contributed by atoms with van der Waals surface area (Å²) in [4.78, 5) is 26.8. The van der Waals surface area contributed by atoms with E-state index in [1.165, 1.54) is 12.0 Å². The Bertz CT molecular complexity index is 900. The molecule has 0 unspecified atom stereocenters. The van der Waals surface area contributed by atoms with Crippen molar-refractivity contribution in [2.24, 2.45) is 5.41 Å². The summed E-state index contributed by atoms with van der Waals surface area (Å²) in [5, 5.41) is 20.6. The van der Waals surface area contributed by atoms with Crippen LogP contribution in [0.15, 0.2) is 48.5 Å². The van der Waals surface area contributed by atoms with E-state index in [2.05, 4.69) is 0 Å². The summed E-state index contributed by atoms with van der Waals surface area (Å²) in [6.07, 6.45) is -0.593. The number of amides is 1. The van der Waals surface area contributed by atoms with Gasteiger partial charge in [0.25, 0.3) is 0 Å². The van der Waals surface area contributed by atoms with Gasteiger partial charge < -0.3 is 24.6 Å². The van der Waals surface area contributed by atoms with Gasteiger partial charge in [-0.05, 0) is 24.5 Å². The zero-order chi connectivity index (χ0) is 21.7. The van der Waals surface area contributed by atoms with Gasteiger partial charge in [0.1, 0.15) is 16.9 Å². The van der Waals surface area contributed by atoms with Crippen molar-refractivity contribution in [1.82, 2.24) is 4.90 Å². The Kier molecular flexibility index (Phi) is 6.62. The second-order valence-electron chi connectivity index (χ2n) is 7.60. The highest BCUT2D eigenvalue weighted by Crippen LogP contribution is 2.35. The third-order valence-corrected chi connectivity index (χ3v) is 5.76. The first-order valence-corrected chi connectivity index (χ1v) is 9.83. The molecule has 160 valence electrons. The van der Waals surface area contributed by atoms with Gasteiger partial charge in [-0.15, -0.1) is 0 Å². The first kappa shape index (κ1) is 21.6. The lowest BCUT2D eigenvalue weighted by molar-refractivity contribution is -0.165. The molecule has 0 radical (unpaired) electrons. The summed E-state index contributed by atoms with van der Waals surface area (Å²) in [6, 6.07) is 14.4. The molecule has 2 aromatic rings. The molecule has 7 heteroatoms. The fourth-order valence-electron chi connectivity index (χ4n) is 3.98. The number of hydrogen-bond acceptors (Lipinski definition) is 5. The van der Waals surface area contributed by atoms with E-state index in [1.54, 1.807) is 25.3 Å². The number of carbonyl (C=O) groups is 2. The quantitative estimate of drug-likeness (QED) is 0.722. The Morgan fingerprint density at radius 3 is 2.50 bits per heavy atom. The second-order valence-corrected chi connectivity index (χ2v) is 7.60. The largest absolute Gasteiger partial charge is 0.497 e. The number of carboxylic acids is 1. The van der Waals surface area contributed by atoms with Crippen molar-refractivity contribution in [2.45, 2.75) is 25.4 Å². The smallest absolute Gasteiger partial charge is 0.314 e. The number of piperidine rings is 1. The predicted octanol–water partition coefficient (Wildman–Crippen LogP) is 2.15. The van der Waals surface area contributed by atoms with E-state index in [0.717, 1.165) is 5.56 Å². The number of likely N-dealkylation sites (tertiary alicyclic amines) is 1. The van der Waals surface area contributed by atoms with Crippen LogP contribution >= 0.6 is 0 Å². The van der Waals surface area contributed by atoms with E-state index in [0.29, 0.717) is 23.6 Å². The van der Waals surface area contributed by atoms with E-state index >= 15 is 0 Å². The molecule has 3 rings (SSSR count). The Balaban J connectivity index is 1.81. The normalized spacial score (nSPS) is 21.2. The zero-order valence-electron chi connectivity index (χ0n) is 17.2. The first-order valence-electron chi connectivity index (χ1n) is 9.83. The number of hydrogen-bond donors (Lipinski definition) is 2. The van der Waals surface area contributed by atoms with Crippen LogP contribution in [0.2, 0.25) is 0 Å². The topological polar surface area (TPSA) is 96.3 Å². The van der Waals surface area contributed by atoms with Crippen LogP contribution in [-0.4, -0.2) is 60.4 Å². The lowest BCUT2D eigenvalue weighted by atomic mass is 9.72. The van der Waals surface area contributed by atoms with E-state index in [1.807, 2.05) is 30.3 Å². The number of rotatable bonds is 7. The molecule has 2 atom stereocenters. The monoisotopic (exact) mass is 413 g/mol.